The number of ether oxygens (including phenoxy) is 2. The van der Waals surface area contributed by atoms with Gasteiger partial charge in [0, 0.05) is 19.6 Å². The second kappa shape index (κ2) is 8.53. The summed E-state index contributed by atoms with van der Waals surface area (Å²) in [6.07, 6.45) is 6.31. The van der Waals surface area contributed by atoms with Crippen molar-refractivity contribution in [3.8, 4) is 0 Å². The van der Waals surface area contributed by atoms with E-state index in [4.69, 9.17) is 14.6 Å². The summed E-state index contributed by atoms with van der Waals surface area (Å²) in [7, 11) is 0. The predicted octanol–water partition coefficient (Wildman–Crippen LogP) is 2.20. The number of rotatable bonds is 9. The Labute approximate surface area is 133 Å². The van der Waals surface area contributed by atoms with E-state index in [0.717, 1.165) is 25.8 Å². The Balaban J connectivity index is 1.86. The van der Waals surface area contributed by atoms with Crippen LogP contribution in [0, 0.1) is 17.8 Å². The molecular weight excluding hydrogens is 282 g/mol. The quantitative estimate of drug-likeness (QED) is 0.641. The van der Waals surface area contributed by atoms with E-state index < -0.39 is 0 Å². The third-order valence-electron chi connectivity index (χ3n) is 4.27. The molecule has 2 atom stereocenters. The van der Waals surface area contributed by atoms with E-state index >= 15 is 0 Å². The van der Waals surface area contributed by atoms with Crippen molar-refractivity contribution in [3.63, 3.8) is 0 Å². The largest absolute Gasteiger partial charge is 0.459 e. The smallest absolute Gasteiger partial charge is 0.286 e. The summed E-state index contributed by atoms with van der Waals surface area (Å²) in [5.41, 5.74) is 0. The van der Waals surface area contributed by atoms with Crippen molar-refractivity contribution >= 4 is 5.91 Å². The first-order valence-corrected chi connectivity index (χ1v) is 8.49. The predicted molar refractivity (Wildman–Crippen MR) is 83.9 cm³/mol. The molecule has 22 heavy (non-hydrogen) atoms. The molecule has 2 rings (SSSR count). The number of hydrogen-bond acceptors (Lipinski definition) is 4. The second-order valence-corrected chi connectivity index (χ2v) is 6.68. The number of allylic oxidation sites excluding steroid dienone is 1. The number of carbonyl (C=O) groups excluding carboxylic acids is 1. The molecule has 0 spiro atoms. The second-order valence-electron chi connectivity index (χ2n) is 6.68. The molecule has 1 heterocycles. The first kappa shape index (κ1) is 17.3. The van der Waals surface area contributed by atoms with Gasteiger partial charge in [-0.1, -0.05) is 13.8 Å². The van der Waals surface area contributed by atoms with Crippen molar-refractivity contribution in [1.82, 2.24) is 5.32 Å². The fourth-order valence-corrected chi connectivity index (χ4v) is 2.48. The Hall–Kier alpha value is -1.07. The first-order valence-electron chi connectivity index (χ1n) is 8.49. The maximum absolute atomic E-state index is 12.2. The molecule has 0 radical (unpaired) electrons. The maximum Gasteiger partial charge on any atom is 0.286 e. The van der Waals surface area contributed by atoms with Crippen LogP contribution >= 0.6 is 0 Å². The average Bonchev–Trinajstić information content (AvgIpc) is 3.33. The van der Waals surface area contributed by atoms with Crippen molar-refractivity contribution < 1.29 is 19.4 Å². The molecule has 1 amide bonds. The summed E-state index contributed by atoms with van der Waals surface area (Å²) in [6.45, 7) is 5.77. The molecule has 2 N–H and O–H groups in total. The monoisotopic (exact) mass is 311 g/mol. The molecule has 0 aromatic heterocycles. The van der Waals surface area contributed by atoms with Crippen LogP contribution in [-0.4, -0.2) is 37.1 Å². The van der Waals surface area contributed by atoms with E-state index in [0.29, 0.717) is 30.1 Å². The number of unbranched alkanes of at least 4 members (excludes halogenated alkanes) is 1. The van der Waals surface area contributed by atoms with Crippen LogP contribution in [0.4, 0.5) is 0 Å². The Bertz CT molecular complexity index is 390. The van der Waals surface area contributed by atoms with Crippen molar-refractivity contribution in [2.75, 3.05) is 19.8 Å². The number of carbonyl (C=O) groups is 1. The lowest BCUT2D eigenvalue weighted by Crippen LogP contribution is -2.35. The average molecular weight is 311 g/mol. The van der Waals surface area contributed by atoms with Gasteiger partial charge in [0.2, 0.25) is 6.29 Å². The summed E-state index contributed by atoms with van der Waals surface area (Å²) in [4.78, 5) is 12.2. The van der Waals surface area contributed by atoms with Gasteiger partial charge in [-0.15, -0.1) is 0 Å². The van der Waals surface area contributed by atoms with Crippen LogP contribution in [-0.2, 0) is 14.3 Å². The van der Waals surface area contributed by atoms with Crippen molar-refractivity contribution in [3.05, 3.63) is 11.8 Å². The minimum atomic E-state index is -0.363. The lowest BCUT2D eigenvalue weighted by atomic mass is 9.90. The van der Waals surface area contributed by atoms with Gasteiger partial charge in [0.15, 0.2) is 5.76 Å². The van der Waals surface area contributed by atoms with Crippen LogP contribution in [0.15, 0.2) is 11.8 Å². The van der Waals surface area contributed by atoms with Crippen LogP contribution < -0.4 is 5.32 Å². The molecule has 126 valence electrons. The molecule has 0 saturated heterocycles. The first-order chi connectivity index (χ1) is 10.6. The van der Waals surface area contributed by atoms with Crippen molar-refractivity contribution in [1.29, 1.82) is 0 Å². The Morgan fingerprint density at radius 1 is 1.45 bits per heavy atom. The summed E-state index contributed by atoms with van der Waals surface area (Å²) >= 11 is 0. The fourth-order valence-electron chi connectivity index (χ4n) is 2.48. The van der Waals surface area contributed by atoms with Crippen LogP contribution in [0.1, 0.15) is 46.0 Å². The summed E-state index contributed by atoms with van der Waals surface area (Å²) in [5.74, 6) is 1.66. The highest BCUT2D eigenvalue weighted by Gasteiger charge is 2.30. The number of aliphatic hydroxyl groups excluding tert-OH is 1. The molecular formula is C17H29NO4. The zero-order valence-corrected chi connectivity index (χ0v) is 13.7. The third kappa shape index (κ3) is 5.61. The number of amides is 1. The molecule has 2 aliphatic rings. The normalized spacial score (nSPS) is 24.8. The molecule has 0 aromatic carbocycles. The van der Waals surface area contributed by atoms with Gasteiger partial charge in [-0.25, -0.2) is 0 Å². The van der Waals surface area contributed by atoms with Crippen LogP contribution in [0.25, 0.3) is 0 Å². The molecule has 5 nitrogen and oxygen atoms in total. The van der Waals surface area contributed by atoms with E-state index in [2.05, 4.69) is 19.2 Å². The molecule has 0 aromatic rings. The zero-order valence-electron chi connectivity index (χ0n) is 13.7. The Kier molecular flexibility index (Phi) is 6.70. The van der Waals surface area contributed by atoms with Crippen LogP contribution in [0.2, 0.25) is 0 Å². The van der Waals surface area contributed by atoms with Gasteiger partial charge < -0.3 is 19.9 Å². The Morgan fingerprint density at radius 3 is 2.86 bits per heavy atom. The highest BCUT2D eigenvalue weighted by Crippen LogP contribution is 2.30. The minimum absolute atomic E-state index is 0.124. The highest BCUT2D eigenvalue weighted by molar-refractivity contribution is 5.91. The van der Waals surface area contributed by atoms with Gasteiger partial charge in [-0.2, -0.15) is 0 Å². The van der Waals surface area contributed by atoms with Gasteiger partial charge in [-0.05, 0) is 49.5 Å². The van der Waals surface area contributed by atoms with Gasteiger partial charge in [0.1, 0.15) is 0 Å². The van der Waals surface area contributed by atoms with E-state index in [1.54, 1.807) is 0 Å². The highest BCUT2D eigenvalue weighted by atomic mass is 16.7. The van der Waals surface area contributed by atoms with Gasteiger partial charge in [0.05, 0.1) is 6.61 Å². The summed E-state index contributed by atoms with van der Waals surface area (Å²) in [6, 6.07) is 0. The standard InChI is InChI=1S/C17H29NO4/c1-12(2)14-9-15(17(20)18-11-13-5-6-13)22-16(10-14)21-8-4-3-7-19/h9,12-14,16,19H,3-8,10-11H2,1-2H3,(H,18,20)/t14-,16+/m1/s1. The zero-order chi connectivity index (χ0) is 15.9. The van der Waals surface area contributed by atoms with Crippen LogP contribution in [0.3, 0.4) is 0 Å². The minimum Gasteiger partial charge on any atom is -0.459 e. The van der Waals surface area contributed by atoms with E-state index in [1.807, 2.05) is 6.08 Å². The summed E-state index contributed by atoms with van der Waals surface area (Å²) < 4.78 is 11.5. The fraction of sp³-hybridized carbons (Fsp3) is 0.824. The molecule has 1 fully saturated rings. The van der Waals surface area contributed by atoms with Crippen LogP contribution in [0.5, 0.6) is 0 Å². The van der Waals surface area contributed by atoms with Crippen molar-refractivity contribution in [2.24, 2.45) is 17.8 Å². The summed E-state index contributed by atoms with van der Waals surface area (Å²) in [5, 5.41) is 11.7. The topological polar surface area (TPSA) is 67.8 Å². The Morgan fingerprint density at radius 2 is 2.23 bits per heavy atom. The number of nitrogens with one attached hydrogen (secondary N) is 1. The maximum atomic E-state index is 12.2. The van der Waals surface area contributed by atoms with E-state index in [-0.39, 0.29) is 18.8 Å². The molecule has 0 unspecified atom stereocenters. The third-order valence-corrected chi connectivity index (χ3v) is 4.27. The SMILES string of the molecule is CC(C)[C@@H]1C=C(C(=O)NCC2CC2)O[C@H](OCCCCO)C1. The van der Waals surface area contributed by atoms with Gasteiger partial charge in [0.25, 0.3) is 5.91 Å². The van der Waals surface area contributed by atoms with E-state index in [9.17, 15) is 4.79 Å². The molecule has 0 bridgehead atoms. The van der Waals surface area contributed by atoms with Gasteiger partial charge >= 0.3 is 0 Å². The molecule has 5 heteroatoms. The lowest BCUT2D eigenvalue weighted by molar-refractivity contribution is -0.150. The van der Waals surface area contributed by atoms with Crippen molar-refractivity contribution in [2.45, 2.75) is 52.2 Å². The van der Waals surface area contributed by atoms with Gasteiger partial charge in [-0.3, -0.25) is 4.79 Å². The molecule has 1 saturated carbocycles. The number of aliphatic hydroxyl groups is 1. The molecule has 1 aliphatic heterocycles. The molecule has 1 aliphatic carbocycles. The number of hydrogen-bond donors (Lipinski definition) is 2. The lowest BCUT2D eigenvalue weighted by Gasteiger charge is -2.30. The van der Waals surface area contributed by atoms with E-state index in [1.165, 1.54) is 12.8 Å².